The molecule has 1 unspecified atom stereocenters. The summed E-state index contributed by atoms with van der Waals surface area (Å²) in [6.07, 6.45) is -0.117. The van der Waals surface area contributed by atoms with Gasteiger partial charge in [0.2, 0.25) is 0 Å². The molecule has 0 saturated carbocycles. The Bertz CT molecular complexity index is 450. The number of hydrogen-bond acceptors (Lipinski definition) is 4. The number of rotatable bonds is 6. The summed E-state index contributed by atoms with van der Waals surface area (Å²) in [4.78, 5) is 21.6. The number of aryl methyl sites for hydroxylation is 1. The van der Waals surface area contributed by atoms with Crippen molar-refractivity contribution in [1.29, 1.82) is 0 Å². The molecule has 6 heteroatoms. The maximum absolute atomic E-state index is 11.4. The van der Waals surface area contributed by atoms with Gasteiger partial charge in [0.1, 0.15) is 0 Å². The van der Waals surface area contributed by atoms with E-state index < -0.39 is 18.7 Å². The molecule has 0 saturated heterocycles. The minimum atomic E-state index is -1.18. The number of benzene rings is 1. The Kier molecular flexibility index (Phi) is 6.21. The zero-order chi connectivity index (χ0) is 14.3. The molecule has 1 aromatic carbocycles. The van der Waals surface area contributed by atoms with Gasteiger partial charge in [-0.3, -0.25) is 0 Å². The van der Waals surface area contributed by atoms with Crippen LogP contribution in [0, 0.1) is 6.92 Å². The van der Waals surface area contributed by atoms with Crippen molar-refractivity contribution in [3.05, 3.63) is 35.4 Å². The monoisotopic (exact) mass is 283 g/mol. The summed E-state index contributed by atoms with van der Waals surface area (Å²) in [6, 6.07) is 7.65. The summed E-state index contributed by atoms with van der Waals surface area (Å²) in [5.74, 6) is -0.743. The van der Waals surface area contributed by atoms with Crippen molar-refractivity contribution in [2.24, 2.45) is 0 Å². The Balaban J connectivity index is 2.52. The molecular weight excluding hydrogens is 266 g/mol. The molecule has 1 amide bonds. The zero-order valence-electron chi connectivity index (χ0n) is 10.6. The minimum Gasteiger partial charge on any atom is -0.479 e. The van der Waals surface area contributed by atoms with Crippen LogP contribution in [0.5, 0.6) is 0 Å². The number of carbonyl (C=O) groups is 2. The Labute approximate surface area is 117 Å². The largest absolute Gasteiger partial charge is 0.479 e. The number of amides is 1. The lowest BCUT2D eigenvalue weighted by Crippen LogP contribution is -2.39. The molecule has 1 aromatic rings. The smallest absolute Gasteiger partial charge is 0.407 e. The zero-order valence-corrected chi connectivity index (χ0v) is 11.5. The highest BCUT2D eigenvalue weighted by molar-refractivity contribution is 7.80. The Morgan fingerprint density at radius 1 is 1.42 bits per heavy atom. The highest BCUT2D eigenvalue weighted by Crippen LogP contribution is 2.10. The molecule has 0 bridgehead atoms. The first-order valence-electron chi connectivity index (χ1n) is 5.83. The first kappa shape index (κ1) is 15.4. The summed E-state index contributed by atoms with van der Waals surface area (Å²) in [5, 5.41) is 11.0. The SMILES string of the molecule is Cc1ccccc1CC(CS)NC(=O)OCC(=O)O. The van der Waals surface area contributed by atoms with Gasteiger partial charge < -0.3 is 15.2 Å². The maximum Gasteiger partial charge on any atom is 0.407 e. The van der Waals surface area contributed by atoms with E-state index in [4.69, 9.17) is 5.11 Å². The Hall–Kier alpha value is -1.69. The second-order valence-electron chi connectivity index (χ2n) is 4.12. The highest BCUT2D eigenvalue weighted by Gasteiger charge is 2.14. The van der Waals surface area contributed by atoms with E-state index in [1.165, 1.54) is 0 Å². The number of carbonyl (C=O) groups excluding carboxylic acids is 1. The van der Waals surface area contributed by atoms with Gasteiger partial charge in [-0.05, 0) is 24.5 Å². The molecule has 0 aliphatic carbocycles. The molecule has 0 heterocycles. The van der Waals surface area contributed by atoms with E-state index in [2.05, 4.69) is 22.7 Å². The van der Waals surface area contributed by atoms with E-state index >= 15 is 0 Å². The van der Waals surface area contributed by atoms with Gasteiger partial charge in [0.15, 0.2) is 6.61 Å². The van der Waals surface area contributed by atoms with Crippen LogP contribution in [0.25, 0.3) is 0 Å². The number of hydrogen-bond donors (Lipinski definition) is 3. The normalized spacial score (nSPS) is 11.7. The molecule has 5 nitrogen and oxygen atoms in total. The summed E-state index contributed by atoms with van der Waals surface area (Å²) in [6.45, 7) is 1.35. The number of carboxylic acids is 1. The molecular formula is C13H17NO4S. The summed E-state index contributed by atoms with van der Waals surface area (Å²) in [5.41, 5.74) is 2.25. The van der Waals surface area contributed by atoms with Crippen molar-refractivity contribution < 1.29 is 19.4 Å². The Morgan fingerprint density at radius 2 is 2.11 bits per heavy atom. The average molecular weight is 283 g/mol. The van der Waals surface area contributed by atoms with E-state index in [9.17, 15) is 9.59 Å². The molecule has 0 aliphatic rings. The van der Waals surface area contributed by atoms with Gasteiger partial charge in [-0.1, -0.05) is 24.3 Å². The lowest BCUT2D eigenvalue weighted by Gasteiger charge is -2.17. The van der Waals surface area contributed by atoms with E-state index in [1.807, 2.05) is 31.2 Å². The predicted molar refractivity (Wildman–Crippen MR) is 74.6 cm³/mol. The summed E-state index contributed by atoms with van der Waals surface area (Å²) in [7, 11) is 0. The second kappa shape index (κ2) is 7.68. The molecule has 0 radical (unpaired) electrons. The molecule has 0 fully saturated rings. The fourth-order valence-corrected chi connectivity index (χ4v) is 1.82. The fraction of sp³-hybridized carbons (Fsp3) is 0.385. The van der Waals surface area contributed by atoms with Crippen LogP contribution in [0.2, 0.25) is 0 Å². The van der Waals surface area contributed by atoms with Gasteiger partial charge >= 0.3 is 12.1 Å². The fourth-order valence-electron chi connectivity index (χ4n) is 1.60. The maximum atomic E-state index is 11.4. The number of nitrogens with one attached hydrogen (secondary N) is 1. The van der Waals surface area contributed by atoms with Crippen LogP contribution in [0.1, 0.15) is 11.1 Å². The third-order valence-electron chi connectivity index (χ3n) is 2.60. The number of alkyl carbamates (subject to hydrolysis) is 1. The third-order valence-corrected chi connectivity index (χ3v) is 3.04. The minimum absolute atomic E-state index is 0.203. The van der Waals surface area contributed by atoms with Gasteiger partial charge in [0, 0.05) is 11.8 Å². The van der Waals surface area contributed by atoms with Gasteiger partial charge in [0.25, 0.3) is 0 Å². The van der Waals surface area contributed by atoms with Crippen molar-refractivity contribution in [3.8, 4) is 0 Å². The standard InChI is InChI=1S/C13H17NO4S/c1-9-4-2-3-5-10(9)6-11(8-19)14-13(17)18-7-12(15)16/h2-5,11,19H,6-8H2,1H3,(H,14,17)(H,15,16). The van der Waals surface area contributed by atoms with Crippen molar-refractivity contribution in [1.82, 2.24) is 5.32 Å². The first-order chi connectivity index (χ1) is 9.02. The average Bonchev–Trinajstić information content (AvgIpc) is 2.38. The quantitative estimate of drug-likeness (QED) is 0.694. The van der Waals surface area contributed by atoms with Crippen LogP contribution in [0.15, 0.2) is 24.3 Å². The summed E-state index contributed by atoms with van der Waals surface area (Å²) >= 11 is 4.18. The van der Waals surface area contributed by atoms with Crippen molar-refractivity contribution in [2.45, 2.75) is 19.4 Å². The van der Waals surface area contributed by atoms with Crippen LogP contribution in [0.3, 0.4) is 0 Å². The third kappa shape index (κ3) is 5.65. The van der Waals surface area contributed by atoms with Crippen LogP contribution in [-0.2, 0) is 16.0 Å². The van der Waals surface area contributed by atoms with Crippen LogP contribution in [-0.4, -0.2) is 35.6 Å². The number of ether oxygens (including phenoxy) is 1. The van der Waals surface area contributed by atoms with E-state index in [0.717, 1.165) is 11.1 Å². The van der Waals surface area contributed by atoms with Crippen LogP contribution >= 0.6 is 12.6 Å². The van der Waals surface area contributed by atoms with E-state index in [1.54, 1.807) is 0 Å². The number of thiol groups is 1. The van der Waals surface area contributed by atoms with Crippen LogP contribution < -0.4 is 5.32 Å². The van der Waals surface area contributed by atoms with E-state index in [-0.39, 0.29) is 6.04 Å². The van der Waals surface area contributed by atoms with Crippen molar-refractivity contribution in [3.63, 3.8) is 0 Å². The molecule has 0 aliphatic heterocycles. The number of aliphatic carboxylic acids is 1. The topological polar surface area (TPSA) is 75.6 Å². The second-order valence-corrected chi connectivity index (χ2v) is 4.49. The molecule has 1 rings (SSSR count). The Morgan fingerprint density at radius 3 is 2.68 bits per heavy atom. The molecule has 19 heavy (non-hydrogen) atoms. The molecule has 0 aromatic heterocycles. The molecule has 0 spiro atoms. The lowest BCUT2D eigenvalue weighted by molar-refractivity contribution is -0.140. The first-order valence-corrected chi connectivity index (χ1v) is 6.46. The molecule has 104 valence electrons. The molecule has 2 N–H and O–H groups in total. The van der Waals surface area contributed by atoms with Crippen LogP contribution in [0.4, 0.5) is 4.79 Å². The van der Waals surface area contributed by atoms with Gasteiger partial charge in [-0.2, -0.15) is 12.6 Å². The lowest BCUT2D eigenvalue weighted by atomic mass is 10.0. The van der Waals surface area contributed by atoms with E-state index in [0.29, 0.717) is 12.2 Å². The van der Waals surface area contributed by atoms with Crippen molar-refractivity contribution in [2.75, 3.05) is 12.4 Å². The van der Waals surface area contributed by atoms with Crippen molar-refractivity contribution >= 4 is 24.7 Å². The molecule has 1 atom stereocenters. The highest BCUT2D eigenvalue weighted by atomic mass is 32.1. The van der Waals surface area contributed by atoms with Gasteiger partial charge in [-0.25, -0.2) is 9.59 Å². The number of carboxylic acid groups (broad SMARTS) is 1. The summed E-state index contributed by atoms with van der Waals surface area (Å²) < 4.78 is 4.52. The van der Waals surface area contributed by atoms with Gasteiger partial charge in [0.05, 0.1) is 0 Å². The van der Waals surface area contributed by atoms with Gasteiger partial charge in [-0.15, -0.1) is 0 Å². The predicted octanol–water partition coefficient (Wildman–Crippen LogP) is 1.65.